The maximum absolute atomic E-state index is 14.0. The zero-order valence-electron chi connectivity index (χ0n) is 29.1. The molecule has 2 N–H and O–H groups in total. The van der Waals surface area contributed by atoms with Gasteiger partial charge in [-0.1, -0.05) is 26.0 Å². The predicted molar refractivity (Wildman–Crippen MR) is 172 cm³/mol. The molecule has 0 spiro atoms. The molecule has 1 aliphatic heterocycles. The predicted octanol–water partition coefficient (Wildman–Crippen LogP) is 2.63. The number of rotatable bonds is 8. The van der Waals surface area contributed by atoms with Crippen molar-refractivity contribution in [3.05, 3.63) is 12.2 Å². The highest BCUT2D eigenvalue weighted by molar-refractivity contribution is 5.96. The second-order valence-corrected chi connectivity index (χ2v) is 13.8. The lowest BCUT2D eigenvalue weighted by Crippen LogP contribution is -2.59. The van der Waals surface area contributed by atoms with E-state index in [-0.39, 0.29) is 31.1 Å². The van der Waals surface area contributed by atoms with Crippen molar-refractivity contribution in [2.75, 3.05) is 34.8 Å². The number of allylic oxidation sites excluding steroid dienone is 1. The van der Waals surface area contributed by atoms with Gasteiger partial charge in [-0.15, -0.1) is 0 Å². The molecule has 5 amide bonds. The number of carbonyl (C=O) groups is 6. The summed E-state index contributed by atoms with van der Waals surface area (Å²) < 4.78 is 10.2. The minimum atomic E-state index is -1.12. The Morgan fingerprint density at radius 1 is 1.07 bits per heavy atom. The third-order valence-electron chi connectivity index (χ3n) is 8.18. The topological polar surface area (TPSA) is 155 Å². The van der Waals surface area contributed by atoms with Gasteiger partial charge in [0.25, 0.3) is 0 Å². The first-order valence-corrected chi connectivity index (χ1v) is 16.3. The molecule has 0 aromatic carbocycles. The van der Waals surface area contributed by atoms with Crippen molar-refractivity contribution < 1.29 is 38.2 Å². The lowest BCUT2D eigenvalue weighted by molar-refractivity contribution is -0.152. The van der Waals surface area contributed by atoms with E-state index in [0.29, 0.717) is 19.4 Å². The van der Waals surface area contributed by atoms with E-state index < -0.39 is 65.5 Å². The quantitative estimate of drug-likeness (QED) is 0.301. The Balaban J connectivity index is 2.43. The fourth-order valence-electron chi connectivity index (χ4n) is 5.37. The van der Waals surface area contributed by atoms with Crippen LogP contribution in [0.1, 0.15) is 86.0 Å². The molecule has 0 bridgehead atoms. The number of amides is 5. The minimum Gasteiger partial charge on any atom is -0.469 e. The fraction of sp³-hybridized carbons (Fsp3) is 0.758. The number of ether oxygens (including phenoxy) is 2. The summed E-state index contributed by atoms with van der Waals surface area (Å²) in [5.74, 6) is -2.62. The second-order valence-electron chi connectivity index (χ2n) is 13.8. The van der Waals surface area contributed by atoms with Crippen LogP contribution in [0.3, 0.4) is 0 Å². The van der Waals surface area contributed by atoms with Crippen LogP contribution in [0.4, 0.5) is 4.79 Å². The zero-order chi connectivity index (χ0) is 34.8. The van der Waals surface area contributed by atoms with Gasteiger partial charge in [0, 0.05) is 27.7 Å². The van der Waals surface area contributed by atoms with Gasteiger partial charge in [0.15, 0.2) is 0 Å². The molecule has 260 valence electrons. The number of alkyl carbamates (subject to hydrolysis) is 1. The summed E-state index contributed by atoms with van der Waals surface area (Å²) in [7, 11) is 5.83. The molecule has 4 atom stereocenters. The molecular weight excluding hydrogens is 594 g/mol. The maximum Gasteiger partial charge on any atom is 0.408 e. The van der Waals surface area contributed by atoms with Gasteiger partial charge in [0.2, 0.25) is 23.6 Å². The molecule has 1 fully saturated rings. The van der Waals surface area contributed by atoms with Crippen LogP contribution < -0.4 is 10.6 Å². The standard InChI is InChI=1S/C33H55N5O8/c1-21(2)19-23-29(41)38(8)25(20-26(39)45-9)30(42)36(6)18-14-12-10-11-13-15-24(28(40)34-23)37(7)31(43)27(22-16-17-22)35-32(44)46-33(3,4)5/h11,13,21-25,27H,10,12,14-20H2,1-9H3,(H,34,40)(H,35,44)/b13-11+/t23-,24-,25-,27-/m0/s1. The molecule has 0 aromatic heterocycles. The van der Waals surface area contributed by atoms with Gasteiger partial charge in [-0.2, -0.15) is 0 Å². The van der Waals surface area contributed by atoms with Crippen molar-refractivity contribution >= 4 is 35.7 Å². The summed E-state index contributed by atoms with van der Waals surface area (Å²) in [6, 6.07) is -4.00. The first-order chi connectivity index (χ1) is 21.5. The van der Waals surface area contributed by atoms with Crippen LogP contribution >= 0.6 is 0 Å². The normalized spacial score (nSPS) is 23.8. The van der Waals surface area contributed by atoms with Gasteiger partial charge < -0.3 is 34.8 Å². The molecule has 0 saturated heterocycles. The number of carbonyl (C=O) groups excluding carboxylic acids is 6. The first-order valence-electron chi connectivity index (χ1n) is 16.3. The van der Waals surface area contributed by atoms with Crippen molar-refractivity contribution in [1.82, 2.24) is 25.3 Å². The van der Waals surface area contributed by atoms with Gasteiger partial charge in [-0.3, -0.25) is 24.0 Å². The fourth-order valence-corrected chi connectivity index (χ4v) is 5.37. The van der Waals surface area contributed by atoms with Crippen LogP contribution in [-0.2, 0) is 33.4 Å². The molecule has 0 aromatic rings. The number of esters is 1. The van der Waals surface area contributed by atoms with Crippen molar-refractivity contribution in [2.45, 2.75) is 116 Å². The van der Waals surface area contributed by atoms with Crippen LogP contribution in [0.15, 0.2) is 12.2 Å². The van der Waals surface area contributed by atoms with Crippen LogP contribution in [0.5, 0.6) is 0 Å². The third-order valence-corrected chi connectivity index (χ3v) is 8.18. The van der Waals surface area contributed by atoms with Gasteiger partial charge in [0.05, 0.1) is 13.5 Å². The third kappa shape index (κ3) is 11.9. The van der Waals surface area contributed by atoms with Crippen LogP contribution in [0.25, 0.3) is 0 Å². The lowest BCUT2D eigenvalue weighted by atomic mass is 10.00. The molecule has 1 saturated carbocycles. The Labute approximate surface area is 273 Å². The highest BCUT2D eigenvalue weighted by Crippen LogP contribution is 2.34. The van der Waals surface area contributed by atoms with Gasteiger partial charge in [-0.25, -0.2) is 4.79 Å². The molecule has 46 heavy (non-hydrogen) atoms. The molecule has 2 rings (SSSR count). The molecule has 0 unspecified atom stereocenters. The van der Waals surface area contributed by atoms with E-state index in [1.54, 1.807) is 27.8 Å². The Hall–Kier alpha value is -3.64. The number of likely N-dealkylation sites (N-methyl/N-ethyl adjacent to an activating group) is 3. The average molecular weight is 650 g/mol. The summed E-state index contributed by atoms with van der Waals surface area (Å²) in [4.78, 5) is 84.2. The molecule has 0 radical (unpaired) electrons. The van der Waals surface area contributed by atoms with E-state index in [0.717, 1.165) is 19.3 Å². The lowest BCUT2D eigenvalue weighted by Gasteiger charge is -2.35. The SMILES string of the molecule is COC(=O)C[C@H]1C(=O)N(C)CCCC/C=C/C[C@H](N(C)C(=O)[C@@H](NC(=O)OC(C)(C)C)C2CC2)C(=O)N[C@@H](CC(C)C)C(=O)N1C. The number of nitrogens with one attached hydrogen (secondary N) is 2. The summed E-state index contributed by atoms with van der Waals surface area (Å²) in [5.41, 5.74) is -0.748. The van der Waals surface area contributed by atoms with Gasteiger partial charge in [0.1, 0.15) is 29.8 Å². The number of hydrogen-bond acceptors (Lipinski definition) is 8. The largest absolute Gasteiger partial charge is 0.469 e. The maximum atomic E-state index is 14.0. The Kier molecular flexibility index (Phi) is 14.5. The number of methoxy groups -OCH3 is 1. The molecule has 1 aliphatic carbocycles. The summed E-state index contributed by atoms with van der Waals surface area (Å²) in [6.45, 7) is 9.45. The molecular formula is C33H55N5O8. The van der Waals surface area contributed by atoms with Crippen LogP contribution in [0.2, 0.25) is 0 Å². The second kappa shape index (κ2) is 17.3. The first kappa shape index (κ1) is 38.5. The van der Waals surface area contributed by atoms with Crippen LogP contribution in [0, 0.1) is 11.8 Å². The number of nitrogens with zero attached hydrogens (tertiary/aromatic N) is 3. The molecule has 13 nitrogen and oxygen atoms in total. The molecule has 13 heteroatoms. The van der Waals surface area contributed by atoms with E-state index in [9.17, 15) is 28.8 Å². The summed E-state index contributed by atoms with van der Waals surface area (Å²) >= 11 is 0. The van der Waals surface area contributed by atoms with E-state index >= 15 is 0 Å². The number of hydrogen-bond donors (Lipinski definition) is 2. The smallest absolute Gasteiger partial charge is 0.408 e. The van der Waals surface area contributed by atoms with E-state index in [1.165, 1.54) is 35.9 Å². The molecule has 2 aliphatic rings. The highest BCUT2D eigenvalue weighted by atomic mass is 16.6. The Bertz CT molecular complexity index is 1130. The van der Waals surface area contributed by atoms with Crippen molar-refractivity contribution in [3.63, 3.8) is 0 Å². The van der Waals surface area contributed by atoms with Gasteiger partial charge in [-0.05, 0) is 77.6 Å². The minimum absolute atomic E-state index is 0.0133. The summed E-state index contributed by atoms with van der Waals surface area (Å²) in [5, 5.41) is 5.57. The monoisotopic (exact) mass is 649 g/mol. The van der Waals surface area contributed by atoms with E-state index in [1.807, 2.05) is 26.0 Å². The van der Waals surface area contributed by atoms with Crippen molar-refractivity contribution in [3.8, 4) is 0 Å². The van der Waals surface area contributed by atoms with Crippen LogP contribution in [-0.4, -0.2) is 115 Å². The van der Waals surface area contributed by atoms with E-state index in [4.69, 9.17) is 9.47 Å². The average Bonchev–Trinajstić information content (AvgIpc) is 3.81. The Morgan fingerprint density at radius 3 is 2.28 bits per heavy atom. The Morgan fingerprint density at radius 2 is 1.72 bits per heavy atom. The zero-order valence-corrected chi connectivity index (χ0v) is 29.1. The van der Waals surface area contributed by atoms with Crippen molar-refractivity contribution in [1.29, 1.82) is 0 Å². The van der Waals surface area contributed by atoms with Gasteiger partial charge >= 0.3 is 12.1 Å². The molecule has 1 heterocycles. The highest BCUT2D eigenvalue weighted by Gasteiger charge is 2.42. The van der Waals surface area contributed by atoms with E-state index in [2.05, 4.69) is 10.6 Å². The van der Waals surface area contributed by atoms with Crippen molar-refractivity contribution in [2.24, 2.45) is 11.8 Å². The summed E-state index contributed by atoms with van der Waals surface area (Å²) in [6.07, 6.45) is 6.86.